The largest absolute Gasteiger partial charge is 0.444 e. The van der Waals surface area contributed by atoms with E-state index in [0.29, 0.717) is 19.5 Å². The van der Waals surface area contributed by atoms with Gasteiger partial charge in [-0.15, -0.1) is 0 Å². The van der Waals surface area contributed by atoms with E-state index in [9.17, 15) is 9.59 Å². The maximum Gasteiger partial charge on any atom is 0.407 e. The topological polar surface area (TPSA) is 67.4 Å². The van der Waals surface area contributed by atoms with Crippen molar-refractivity contribution in [2.75, 3.05) is 13.1 Å². The molecule has 0 aliphatic carbocycles. The molecule has 0 spiro atoms. The van der Waals surface area contributed by atoms with Crippen molar-refractivity contribution >= 4 is 12.0 Å². The molecule has 0 fully saturated rings. The zero-order valence-corrected chi connectivity index (χ0v) is 14.0. The Labute approximate surface area is 123 Å². The normalized spacial score (nSPS) is 10.1. The van der Waals surface area contributed by atoms with Gasteiger partial charge in [-0.3, -0.25) is 4.79 Å². The van der Waals surface area contributed by atoms with Gasteiger partial charge in [0.2, 0.25) is 5.91 Å². The van der Waals surface area contributed by atoms with Gasteiger partial charge in [0.05, 0.1) is 0 Å². The summed E-state index contributed by atoms with van der Waals surface area (Å²) in [7, 11) is 0. The van der Waals surface area contributed by atoms with E-state index in [2.05, 4.69) is 24.5 Å². The Bertz CT molecular complexity index is 260. The summed E-state index contributed by atoms with van der Waals surface area (Å²) in [6, 6.07) is 0. The average molecular weight is 288 g/mol. The van der Waals surface area contributed by atoms with E-state index in [0.717, 1.165) is 12.8 Å². The van der Waals surface area contributed by atoms with Crippen LogP contribution < -0.4 is 10.6 Å². The molecule has 0 aromatic heterocycles. The van der Waals surface area contributed by atoms with Crippen LogP contribution in [0.25, 0.3) is 0 Å². The molecule has 0 saturated heterocycles. The Morgan fingerprint density at radius 3 is 2.00 bits per heavy atom. The zero-order valence-electron chi connectivity index (χ0n) is 14.0. The molecular weight excluding hydrogens is 256 g/mol. The number of carbonyl (C=O) groups is 2. The smallest absolute Gasteiger partial charge is 0.407 e. The first-order chi connectivity index (χ1) is 9.26. The molecule has 0 atom stereocenters. The SMILES string of the molecule is CCC.CCNC(=O)CCCCNC(=O)OC(C)(C)C. The fraction of sp³-hybridized carbons (Fsp3) is 0.867. The summed E-state index contributed by atoms with van der Waals surface area (Å²) in [6.45, 7) is 12.8. The van der Waals surface area contributed by atoms with Crippen LogP contribution in [0.5, 0.6) is 0 Å². The van der Waals surface area contributed by atoms with E-state index in [1.807, 2.05) is 27.7 Å². The third-order valence-electron chi connectivity index (χ3n) is 1.87. The summed E-state index contributed by atoms with van der Waals surface area (Å²) in [5.41, 5.74) is -0.467. The van der Waals surface area contributed by atoms with Gasteiger partial charge in [-0.05, 0) is 40.5 Å². The summed E-state index contributed by atoms with van der Waals surface area (Å²) >= 11 is 0. The molecule has 0 heterocycles. The number of alkyl carbamates (subject to hydrolysis) is 1. The zero-order chi connectivity index (χ0) is 16.0. The molecule has 120 valence electrons. The Balaban J connectivity index is 0. The van der Waals surface area contributed by atoms with E-state index >= 15 is 0 Å². The highest BCUT2D eigenvalue weighted by Gasteiger charge is 2.15. The van der Waals surface area contributed by atoms with E-state index in [1.54, 1.807) is 0 Å². The molecule has 0 radical (unpaired) electrons. The van der Waals surface area contributed by atoms with Crippen molar-refractivity contribution in [1.29, 1.82) is 0 Å². The lowest BCUT2D eigenvalue weighted by molar-refractivity contribution is -0.121. The maximum atomic E-state index is 11.2. The van der Waals surface area contributed by atoms with Crippen molar-refractivity contribution < 1.29 is 14.3 Å². The van der Waals surface area contributed by atoms with Crippen LogP contribution in [0.1, 0.15) is 67.2 Å². The maximum absolute atomic E-state index is 11.2. The minimum absolute atomic E-state index is 0.0600. The average Bonchev–Trinajstić information content (AvgIpc) is 2.27. The van der Waals surface area contributed by atoms with Crippen LogP contribution in [0, 0.1) is 0 Å². The second-order valence-corrected chi connectivity index (χ2v) is 5.55. The lowest BCUT2D eigenvalue weighted by atomic mass is 10.2. The molecule has 0 saturated carbocycles. The van der Waals surface area contributed by atoms with Crippen LogP contribution in [0.2, 0.25) is 0 Å². The molecule has 0 rings (SSSR count). The number of hydrogen-bond acceptors (Lipinski definition) is 3. The van der Waals surface area contributed by atoms with E-state index < -0.39 is 11.7 Å². The highest BCUT2D eigenvalue weighted by molar-refractivity contribution is 5.75. The third-order valence-corrected chi connectivity index (χ3v) is 1.87. The molecule has 0 aromatic rings. The first-order valence-electron chi connectivity index (χ1n) is 7.50. The molecule has 0 unspecified atom stereocenters. The Kier molecular flexibility index (Phi) is 13.4. The fourth-order valence-electron chi connectivity index (χ4n) is 1.20. The van der Waals surface area contributed by atoms with Gasteiger partial charge in [0.1, 0.15) is 5.60 Å². The predicted octanol–water partition coefficient (Wildman–Crippen LogP) is 3.23. The van der Waals surface area contributed by atoms with Crippen molar-refractivity contribution in [3.8, 4) is 0 Å². The van der Waals surface area contributed by atoms with Gasteiger partial charge in [0.15, 0.2) is 0 Å². The van der Waals surface area contributed by atoms with E-state index in [-0.39, 0.29) is 5.91 Å². The summed E-state index contributed by atoms with van der Waals surface area (Å²) in [6.07, 6.45) is 2.89. The molecule has 20 heavy (non-hydrogen) atoms. The van der Waals surface area contributed by atoms with Crippen LogP contribution in [-0.2, 0) is 9.53 Å². The van der Waals surface area contributed by atoms with Gasteiger partial charge in [0, 0.05) is 19.5 Å². The first-order valence-corrected chi connectivity index (χ1v) is 7.50. The number of nitrogens with one attached hydrogen (secondary N) is 2. The van der Waals surface area contributed by atoms with Gasteiger partial charge in [-0.2, -0.15) is 0 Å². The van der Waals surface area contributed by atoms with Gasteiger partial charge >= 0.3 is 6.09 Å². The standard InChI is InChI=1S/C12H24N2O3.C3H8/c1-5-13-10(15)8-6-7-9-14-11(16)17-12(2,3)4;1-3-2/h5-9H2,1-4H3,(H,13,15)(H,14,16);3H2,1-2H3. The second kappa shape index (κ2) is 12.8. The van der Waals surface area contributed by atoms with E-state index in [4.69, 9.17) is 4.74 Å². The molecule has 0 aliphatic rings. The van der Waals surface area contributed by atoms with E-state index in [1.165, 1.54) is 6.42 Å². The number of rotatable bonds is 6. The molecule has 0 aromatic carbocycles. The molecule has 0 aliphatic heterocycles. The van der Waals surface area contributed by atoms with Crippen LogP contribution in [0.15, 0.2) is 0 Å². The van der Waals surface area contributed by atoms with Crippen molar-refractivity contribution in [3.63, 3.8) is 0 Å². The van der Waals surface area contributed by atoms with Crippen LogP contribution in [0.3, 0.4) is 0 Å². The predicted molar refractivity (Wildman–Crippen MR) is 82.7 cm³/mol. The first kappa shape index (κ1) is 21.0. The number of carbonyl (C=O) groups excluding carboxylic acids is 2. The van der Waals surface area contributed by atoms with Gasteiger partial charge < -0.3 is 15.4 Å². The van der Waals surface area contributed by atoms with Crippen molar-refractivity contribution in [3.05, 3.63) is 0 Å². The highest BCUT2D eigenvalue weighted by Crippen LogP contribution is 2.06. The lowest BCUT2D eigenvalue weighted by Crippen LogP contribution is -2.33. The molecule has 5 nitrogen and oxygen atoms in total. The Morgan fingerprint density at radius 1 is 1.00 bits per heavy atom. The molecule has 2 amide bonds. The Hall–Kier alpha value is -1.26. The van der Waals surface area contributed by atoms with Crippen molar-refractivity contribution in [2.24, 2.45) is 0 Å². The number of ether oxygens (including phenoxy) is 1. The number of amides is 2. The van der Waals surface area contributed by atoms with Crippen molar-refractivity contribution in [2.45, 2.75) is 72.8 Å². The second-order valence-electron chi connectivity index (χ2n) is 5.55. The van der Waals surface area contributed by atoms with Crippen LogP contribution in [0.4, 0.5) is 4.79 Å². The van der Waals surface area contributed by atoms with Gasteiger partial charge in [-0.25, -0.2) is 4.79 Å². The summed E-state index contributed by atoms with van der Waals surface area (Å²) in [5.74, 6) is 0.0600. The van der Waals surface area contributed by atoms with Gasteiger partial charge in [0.25, 0.3) is 0 Å². The third kappa shape index (κ3) is 19.1. The summed E-state index contributed by atoms with van der Waals surface area (Å²) in [4.78, 5) is 22.4. The molecule has 0 bridgehead atoms. The minimum Gasteiger partial charge on any atom is -0.444 e. The van der Waals surface area contributed by atoms with Gasteiger partial charge in [-0.1, -0.05) is 20.3 Å². The number of unbranched alkanes of at least 4 members (excludes halogenated alkanes) is 1. The Morgan fingerprint density at radius 2 is 1.55 bits per heavy atom. The molecule has 2 N–H and O–H groups in total. The monoisotopic (exact) mass is 288 g/mol. The lowest BCUT2D eigenvalue weighted by Gasteiger charge is -2.19. The van der Waals surface area contributed by atoms with Crippen molar-refractivity contribution in [1.82, 2.24) is 10.6 Å². The summed E-state index contributed by atoms with van der Waals surface area (Å²) in [5, 5.41) is 5.38. The fourth-order valence-corrected chi connectivity index (χ4v) is 1.20. The molecule has 5 heteroatoms. The van der Waals surface area contributed by atoms with Crippen LogP contribution >= 0.6 is 0 Å². The molecular formula is C15H32N2O3. The van der Waals surface area contributed by atoms with Crippen LogP contribution in [-0.4, -0.2) is 30.7 Å². The minimum atomic E-state index is -0.467. The summed E-state index contributed by atoms with van der Waals surface area (Å²) < 4.78 is 5.07. The number of hydrogen-bond donors (Lipinski definition) is 2. The highest BCUT2D eigenvalue weighted by atomic mass is 16.6. The quantitative estimate of drug-likeness (QED) is 0.737.